The largest absolute Gasteiger partial charge is 0.332 e. The Morgan fingerprint density at radius 3 is 2.53 bits per heavy atom. The van der Waals surface area contributed by atoms with Crippen LogP contribution in [0.4, 0.5) is 3.89 Å². The number of benzene rings is 1. The van der Waals surface area contributed by atoms with Gasteiger partial charge in [-0.15, -0.1) is 3.89 Å². The van der Waals surface area contributed by atoms with Crippen molar-refractivity contribution in [1.29, 1.82) is 0 Å². The van der Waals surface area contributed by atoms with Crippen LogP contribution < -0.4 is 0 Å². The Balaban J connectivity index is 3.07. The van der Waals surface area contributed by atoms with E-state index in [0.717, 1.165) is 0 Å². The van der Waals surface area contributed by atoms with Crippen LogP contribution in [0.3, 0.4) is 0 Å². The average molecular weight is 228 g/mol. The van der Waals surface area contributed by atoms with Gasteiger partial charge in [-0.1, -0.05) is 24.3 Å². The summed E-state index contributed by atoms with van der Waals surface area (Å²) in [5, 5.41) is 0. The second-order valence-corrected chi connectivity index (χ2v) is 4.13. The van der Waals surface area contributed by atoms with Crippen molar-refractivity contribution in [3.8, 4) is 0 Å². The van der Waals surface area contributed by atoms with Gasteiger partial charge >= 0.3 is 10.2 Å². The molecule has 0 saturated carbocycles. The van der Waals surface area contributed by atoms with Crippen LogP contribution in [0, 0.1) is 0 Å². The van der Waals surface area contributed by atoms with E-state index in [1.807, 2.05) is 0 Å². The molecule has 1 rings (SSSR count). The topological polar surface area (TPSA) is 51.2 Å². The molecule has 0 atom stereocenters. The van der Waals surface area contributed by atoms with Crippen LogP contribution in [0.2, 0.25) is 0 Å². The van der Waals surface area contributed by atoms with E-state index in [0.29, 0.717) is 11.8 Å². The normalized spacial score (nSPS) is 11.8. The molecule has 0 unspecified atom stereocenters. The van der Waals surface area contributed by atoms with Gasteiger partial charge in [0.2, 0.25) is 0 Å². The zero-order valence-electron chi connectivity index (χ0n) is 7.76. The number of allylic oxidation sites excluding steroid dienone is 2. The van der Waals surface area contributed by atoms with E-state index in [1.54, 1.807) is 6.07 Å². The van der Waals surface area contributed by atoms with Crippen LogP contribution in [-0.2, 0) is 21.4 Å². The van der Waals surface area contributed by atoms with Crippen LogP contribution in [0.1, 0.15) is 5.56 Å². The van der Waals surface area contributed by atoms with Crippen molar-refractivity contribution in [2.24, 2.45) is 0 Å². The van der Waals surface area contributed by atoms with Gasteiger partial charge in [0.1, 0.15) is 11.2 Å². The minimum atomic E-state index is -4.69. The lowest BCUT2D eigenvalue weighted by Crippen LogP contribution is -1.97. The summed E-state index contributed by atoms with van der Waals surface area (Å²) >= 11 is 0. The Morgan fingerprint density at radius 2 is 1.93 bits per heavy atom. The second-order valence-electron chi connectivity index (χ2n) is 2.81. The van der Waals surface area contributed by atoms with Crippen LogP contribution in [0.25, 0.3) is 0 Å². The lowest BCUT2D eigenvalue weighted by Gasteiger charge is -2.01. The van der Waals surface area contributed by atoms with E-state index in [2.05, 4.69) is 0 Å². The van der Waals surface area contributed by atoms with Crippen molar-refractivity contribution in [2.75, 3.05) is 0 Å². The molecule has 0 aromatic heterocycles. The summed E-state index contributed by atoms with van der Waals surface area (Å²) in [6.07, 6.45) is 3.49. The quantitative estimate of drug-likeness (QED) is 0.447. The molecule has 0 spiro atoms. The lowest BCUT2D eigenvalue weighted by atomic mass is 10.1. The molecule has 0 bridgehead atoms. The first kappa shape index (κ1) is 11.6. The third-order valence-electron chi connectivity index (χ3n) is 1.79. The molecule has 15 heavy (non-hydrogen) atoms. The first-order chi connectivity index (χ1) is 7.05. The molecule has 80 valence electrons. The molecular weight excluding hydrogens is 219 g/mol. The van der Waals surface area contributed by atoms with E-state index in [1.165, 1.54) is 30.4 Å². The Labute approximate surface area is 87.4 Å². The molecule has 3 nitrogen and oxygen atoms in total. The number of rotatable bonds is 4. The van der Waals surface area contributed by atoms with Crippen molar-refractivity contribution >= 4 is 16.5 Å². The number of hydrogen-bond donors (Lipinski definition) is 0. The Kier molecular flexibility index (Phi) is 3.74. The molecule has 0 aliphatic rings. The highest BCUT2D eigenvalue weighted by Gasteiger charge is 2.15. The molecule has 0 fully saturated rings. The fraction of sp³-hybridized carbons (Fsp3) is 0.100. The zero-order valence-corrected chi connectivity index (χ0v) is 8.58. The summed E-state index contributed by atoms with van der Waals surface area (Å²) in [5.74, 6) is 0. The second kappa shape index (κ2) is 4.84. The number of hydrogen-bond acceptors (Lipinski definition) is 3. The lowest BCUT2D eigenvalue weighted by molar-refractivity contribution is -0.104. The summed E-state index contributed by atoms with van der Waals surface area (Å²) in [6, 6.07) is 5.75. The molecule has 0 radical (unpaired) electrons. The predicted octanol–water partition coefficient (Wildman–Crippen LogP) is 1.64. The van der Waals surface area contributed by atoms with Gasteiger partial charge in [0.15, 0.2) is 0 Å². The Bertz CT molecular complexity index is 477. The van der Waals surface area contributed by atoms with Crippen molar-refractivity contribution in [2.45, 2.75) is 11.3 Å². The van der Waals surface area contributed by atoms with Crippen molar-refractivity contribution in [1.82, 2.24) is 0 Å². The molecule has 0 amide bonds. The van der Waals surface area contributed by atoms with Crippen LogP contribution in [-0.4, -0.2) is 14.7 Å². The zero-order chi connectivity index (χ0) is 11.3. The highest BCUT2D eigenvalue weighted by Crippen LogP contribution is 2.18. The number of carbonyl (C=O) groups is 1. The maximum absolute atomic E-state index is 12.8. The Hall–Kier alpha value is -1.49. The molecule has 0 saturated heterocycles. The molecule has 0 aliphatic carbocycles. The smallest absolute Gasteiger partial charge is 0.299 e. The van der Waals surface area contributed by atoms with E-state index >= 15 is 0 Å². The number of aldehydes is 1. The number of halogens is 1. The summed E-state index contributed by atoms with van der Waals surface area (Å²) in [7, 11) is -4.69. The van der Waals surface area contributed by atoms with Crippen molar-refractivity contribution in [3.05, 3.63) is 42.0 Å². The van der Waals surface area contributed by atoms with Gasteiger partial charge in [0.05, 0.1) is 0 Å². The van der Waals surface area contributed by atoms with Crippen molar-refractivity contribution < 1.29 is 17.1 Å². The monoisotopic (exact) mass is 228 g/mol. The molecule has 1 aromatic carbocycles. The molecule has 5 heteroatoms. The maximum Gasteiger partial charge on any atom is 0.332 e. The van der Waals surface area contributed by atoms with Crippen LogP contribution in [0.5, 0.6) is 0 Å². The summed E-state index contributed by atoms with van der Waals surface area (Å²) < 4.78 is 34.2. The highest BCUT2D eigenvalue weighted by atomic mass is 32.3. The van der Waals surface area contributed by atoms with Gasteiger partial charge in [0, 0.05) is 0 Å². The fourth-order valence-corrected chi connectivity index (χ4v) is 1.87. The fourth-order valence-electron chi connectivity index (χ4n) is 1.16. The molecule has 0 N–H and O–H groups in total. The van der Waals surface area contributed by atoms with E-state index in [9.17, 15) is 17.1 Å². The highest BCUT2D eigenvalue weighted by molar-refractivity contribution is 7.86. The number of carbonyl (C=O) groups excluding carboxylic acids is 1. The molecule has 1 aromatic rings. The minimum Gasteiger partial charge on any atom is -0.299 e. The predicted molar refractivity (Wildman–Crippen MR) is 53.6 cm³/mol. The van der Waals surface area contributed by atoms with E-state index in [4.69, 9.17) is 0 Å². The first-order valence-corrected chi connectivity index (χ1v) is 5.57. The van der Waals surface area contributed by atoms with Gasteiger partial charge < -0.3 is 0 Å². The van der Waals surface area contributed by atoms with Gasteiger partial charge in [0.25, 0.3) is 0 Å². The van der Waals surface area contributed by atoms with Gasteiger partial charge in [-0.05, 0) is 24.1 Å². The van der Waals surface area contributed by atoms with Gasteiger partial charge in [-0.25, -0.2) is 0 Å². The standard InChI is InChI=1S/C10H9FO3S/c11-15(13,14)10-7-2-1-5-9(10)6-3-4-8-12/h1-5,7-8H,6H2. The summed E-state index contributed by atoms with van der Waals surface area (Å²) in [4.78, 5) is 9.65. The molecular formula is C10H9FO3S. The summed E-state index contributed by atoms with van der Waals surface area (Å²) in [6.45, 7) is 0. The summed E-state index contributed by atoms with van der Waals surface area (Å²) in [5.41, 5.74) is 0.332. The van der Waals surface area contributed by atoms with Crippen molar-refractivity contribution in [3.63, 3.8) is 0 Å². The van der Waals surface area contributed by atoms with Gasteiger partial charge in [-0.2, -0.15) is 8.42 Å². The third kappa shape index (κ3) is 3.28. The van der Waals surface area contributed by atoms with Crippen LogP contribution in [0.15, 0.2) is 41.3 Å². The van der Waals surface area contributed by atoms with E-state index < -0.39 is 10.2 Å². The molecule has 0 heterocycles. The average Bonchev–Trinajstić information content (AvgIpc) is 2.17. The molecule has 0 aliphatic heterocycles. The first-order valence-electron chi connectivity index (χ1n) is 4.18. The maximum atomic E-state index is 12.8. The van der Waals surface area contributed by atoms with Crippen LogP contribution >= 0.6 is 0 Å². The Morgan fingerprint density at radius 1 is 1.27 bits per heavy atom. The minimum absolute atomic E-state index is 0.206. The third-order valence-corrected chi connectivity index (χ3v) is 2.71. The van der Waals surface area contributed by atoms with E-state index in [-0.39, 0.29) is 11.3 Å². The SMILES string of the molecule is O=CC=CCc1ccccc1S(=O)(=O)F. The van der Waals surface area contributed by atoms with Gasteiger partial charge in [-0.3, -0.25) is 4.79 Å².